The van der Waals surface area contributed by atoms with Crippen LogP contribution in [0.2, 0.25) is 0 Å². The topological polar surface area (TPSA) is 23.5 Å². The maximum absolute atomic E-state index is 9.50. The van der Waals surface area contributed by atoms with E-state index in [9.17, 15) is 5.11 Å². The minimum Gasteiger partial charge on any atom is -0.392 e. The van der Waals surface area contributed by atoms with E-state index in [1.54, 1.807) is 0 Å². The van der Waals surface area contributed by atoms with Crippen molar-refractivity contribution in [2.45, 2.75) is 58.1 Å². The van der Waals surface area contributed by atoms with E-state index >= 15 is 0 Å². The second kappa shape index (κ2) is 7.34. The molecule has 1 N–H and O–H groups in total. The Morgan fingerprint density at radius 1 is 1.15 bits per heavy atom. The molecule has 2 unspecified atom stereocenters. The number of hydrogen-bond acceptors (Lipinski definition) is 2. The second-order valence-corrected chi connectivity index (χ2v) is 4.12. The average Bonchev–Trinajstić information content (AvgIpc) is 2.02. The van der Waals surface area contributed by atoms with Gasteiger partial charge in [-0.1, -0.05) is 32.6 Å². The largest absolute Gasteiger partial charge is 0.392 e. The molecule has 0 rings (SSSR count). The van der Waals surface area contributed by atoms with E-state index in [0.29, 0.717) is 6.04 Å². The smallest absolute Gasteiger partial charge is 0.0667 e. The SMILES string of the molecule is CCCCCCC(C(C)O)N(C)C. The summed E-state index contributed by atoms with van der Waals surface area (Å²) in [5.74, 6) is 0. The number of aliphatic hydroxyl groups excluding tert-OH is 1. The fraction of sp³-hybridized carbons (Fsp3) is 1.00. The Balaban J connectivity index is 3.58. The van der Waals surface area contributed by atoms with E-state index in [1.807, 2.05) is 21.0 Å². The first kappa shape index (κ1) is 12.9. The molecule has 0 aromatic carbocycles. The predicted molar refractivity (Wildman–Crippen MR) is 57.9 cm³/mol. The van der Waals surface area contributed by atoms with Gasteiger partial charge in [0.05, 0.1) is 6.10 Å². The van der Waals surface area contributed by atoms with Crippen molar-refractivity contribution in [3.63, 3.8) is 0 Å². The van der Waals surface area contributed by atoms with Crippen LogP contribution in [0.25, 0.3) is 0 Å². The third-order valence-electron chi connectivity index (χ3n) is 2.57. The second-order valence-electron chi connectivity index (χ2n) is 4.12. The molecule has 13 heavy (non-hydrogen) atoms. The number of unbranched alkanes of at least 4 members (excludes halogenated alkanes) is 3. The summed E-state index contributed by atoms with van der Waals surface area (Å²) in [4.78, 5) is 2.12. The highest BCUT2D eigenvalue weighted by atomic mass is 16.3. The Kier molecular flexibility index (Phi) is 7.29. The van der Waals surface area contributed by atoms with E-state index in [0.717, 1.165) is 6.42 Å². The van der Waals surface area contributed by atoms with E-state index in [1.165, 1.54) is 25.7 Å². The highest BCUT2D eigenvalue weighted by molar-refractivity contribution is 4.71. The summed E-state index contributed by atoms with van der Waals surface area (Å²) in [5.41, 5.74) is 0. The maximum atomic E-state index is 9.50. The molecule has 2 atom stereocenters. The Morgan fingerprint density at radius 3 is 2.15 bits per heavy atom. The molecule has 0 aliphatic carbocycles. The van der Waals surface area contributed by atoms with Gasteiger partial charge in [0.1, 0.15) is 0 Å². The molecule has 0 heterocycles. The summed E-state index contributed by atoms with van der Waals surface area (Å²) in [6.07, 6.45) is 6.04. The van der Waals surface area contributed by atoms with E-state index in [-0.39, 0.29) is 6.10 Å². The Hall–Kier alpha value is -0.0800. The van der Waals surface area contributed by atoms with Gasteiger partial charge in [0.25, 0.3) is 0 Å². The van der Waals surface area contributed by atoms with E-state index in [4.69, 9.17) is 0 Å². The van der Waals surface area contributed by atoms with Crippen molar-refractivity contribution in [2.75, 3.05) is 14.1 Å². The quantitative estimate of drug-likeness (QED) is 0.618. The summed E-state index contributed by atoms with van der Waals surface area (Å²) in [6, 6.07) is 0.330. The molecule has 0 amide bonds. The number of rotatable bonds is 7. The molecule has 0 aromatic rings. The fourth-order valence-electron chi connectivity index (χ4n) is 1.71. The Labute approximate surface area is 82.9 Å². The van der Waals surface area contributed by atoms with Gasteiger partial charge in [-0.3, -0.25) is 0 Å². The van der Waals surface area contributed by atoms with Gasteiger partial charge in [0.15, 0.2) is 0 Å². The van der Waals surface area contributed by atoms with Crippen LogP contribution in [0.15, 0.2) is 0 Å². The molecule has 0 saturated carbocycles. The minimum absolute atomic E-state index is 0.211. The molecule has 0 radical (unpaired) electrons. The molecule has 0 aromatic heterocycles. The van der Waals surface area contributed by atoms with Crippen LogP contribution in [0, 0.1) is 0 Å². The number of nitrogens with zero attached hydrogens (tertiary/aromatic N) is 1. The zero-order valence-corrected chi connectivity index (χ0v) is 9.58. The zero-order valence-electron chi connectivity index (χ0n) is 9.58. The van der Waals surface area contributed by atoms with Gasteiger partial charge in [-0.2, -0.15) is 0 Å². The fourth-order valence-corrected chi connectivity index (χ4v) is 1.71. The van der Waals surface area contributed by atoms with Gasteiger partial charge in [-0.05, 0) is 27.4 Å². The molecular weight excluding hydrogens is 162 g/mol. The molecule has 2 heteroatoms. The number of likely N-dealkylation sites (N-methyl/N-ethyl adjacent to an activating group) is 1. The van der Waals surface area contributed by atoms with Gasteiger partial charge < -0.3 is 10.0 Å². The average molecular weight is 187 g/mol. The van der Waals surface area contributed by atoms with E-state index < -0.39 is 0 Å². The lowest BCUT2D eigenvalue weighted by molar-refractivity contribution is 0.0835. The zero-order chi connectivity index (χ0) is 10.3. The van der Waals surface area contributed by atoms with Crippen LogP contribution in [0.4, 0.5) is 0 Å². The molecular formula is C11H25NO. The first-order chi connectivity index (χ1) is 6.09. The Bertz CT molecular complexity index is 105. The standard InChI is InChI=1S/C11H25NO/c1-5-6-7-8-9-11(10(2)13)12(3)4/h10-11,13H,5-9H2,1-4H3. The summed E-state index contributed by atoms with van der Waals surface area (Å²) < 4.78 is 0. The van der Waals surface area contributed by atoms with Crippen molar-refractivity contribution < 1.29 is 5.11 Å². The van der Waals surface area contributed by atoms with Crippen molar-refractivity contribution in [1.29, 1.82) is 0 Å². The monoisotopic (exact) mass is 187 g/mol. The van der Waals surface area contributed by atoms with Crippen LogP contribution < -0.4 is 0 Å². The molecule has 0 fully saturated rings. The van der Waals surface area contributed by atoms with Gasteiger partial charge in [-0.25, -0.2) is 0 Å². The highest BCUT2D eigenvalue weighted by Gasteiger charge is 2.15. The molecule has 2 nitrogen and oxygen atoms in total. The van der Waals surface area contributed by atoms with Gasteiger partial charge in [0, 0.05) is 6.04 Å². The van der Waals surface area contributed by atoms with Gasteiger partial charge in [-0.15, -0.1) is 0 Å². The van der Waals surface area contributed by atoms with Crippen molar-refractivity contribution >= 4 is 0 Å². The van der Waals surface area contributed by atoms with Crippen molar-refractivity contribution in [3.8, 4) is 0 Å². The lowest BCUT2D eigenvalue weighted by Crippen LogP contribution is -2.37. The van der Waals surface area contributed by atoms with Crippen LogP contribution in [0.1, 0.15) is 46.0 Å². The molecule has 0 saturated heterocycles. The third-order valence-corrected chi connectivity index (χ3v) is 2.57. The summed E-state index contributed by atoms with van der Waals surface area (Å²) in [6.45, 7) is 4.10. The number of aliphatic hydroxyl groups is 1. The van der Waals surface area contributed by atoms with Crippen molar-refractivity contribution in [1.82, 2.24) is 4.90 Å². The first-order valence-corrected chi connectivity index (χ1v) is 5.44. The molecule has 0 spiro atoms. The normalized spacial score (nSPS) is 16.2. The summed E-state index contributed by atoms with van der Waals surface area (Å²) in [5, 5.41) is 9.50. The molecule has 80 valence electrons. The van der Waals surface area contributed by atoms with Gasteiger partial charge in [0.2, 0.25) is 0 Å². The lowest BCUT2D eigenvalue weighted by Gasteiger charge is -2.26. The van der Waals surface area contributed by atoms with Crippen LogP contribution in [0.5, 0.6) is 0 Å². The van der Waals surface area contributed by atoms with Gasteiger partial charge >= 0.3 is 0 Å². The first-order valence-electron chi connectivity index (χ1n) is 5.44. The lowest BCUT2D eigenvalue weighted by atomic mass is 10.0. The summed E-state index contributed by atoms with van der Waals surface area (Å²) >= 11 is 0. The van der Waals surface area contributed by atoms with Crippen molar-refractivity contribution in [2.24, 2.45) is 0 Å². The molecule has 0 bridgehead atoms. The van der Waals surface area contributed by atoms with Crippen LogP contribution in [-0.4, -0.2) is 36.2 Å². The van der Waals surface area contributed by atoms with Crippen molar-refractivity contribution in [3.05, 3.63) is 0 Å². The predicted octanol–water partition coefficient (Wildman–Crippen LogP) is 2.27. The third kappa shape index (κ3) is 6.05. The summed E-state index contributed by atoms with van der Waals surface area (Å²) in [7, 11) is 4.08. The highest BCUT2D eigenvalue weighted by Crippen LogP contribution is 2.11. The van der Waals surface area contributed by atoms with Crippen LogP contribution >= 0.6 is 0 Å². The van der Waals surface area contributed by atoms with Crippen LogP contribution in [0.3, 0.4) is 0 Å². The van der Waals surface area contributed by atoms with Crippen LogP contribution in [-0.2, 0) is 0 Å². The molecule has 0 aliphatic heterocycles. The maximum Gasteiger partial charge on any atom is 0.0667 e. The molecule has 0 aliphatic rings. The minimum atomic E-state index is -0.211. The van der Waals surface area contributed by atoms with E-state index in [2.05, 4.69) is 11.8 Å². The Morgan fingerprint density at radius 2 is 1.77 bits per heavy atom. The number of hydrogen-bond donors (Lipinski definition) is 1.